The highest BCUT2D eigenvalue weighted by Gasteiger charge is 2.27. The van der Waals surface area contributed by atoms with Crippen LogP contribution < -0.4 is 5.32 Å². The Morgan fingerprint density at radius 1 is 1.37 bits per heavy atom. The number of rotatable bonds is 3. The smallest absolute Gasteiger partial charge is 0.252 e. The number of carbonyl (C=O) groups excluding carboxylic acids is 1. The van der Waals surface area contributed by atoms with Crippen LogP contribution in [-0.2, 0) is 0 Å². The molecule has 2 nitrogen and oxygen atoms in total. The summed E-state index contributed by atoms with van der Waals surface area (Å²) in [5.41, 5.74) is 0.743. The van der Waals surface area contributed by atoms with Crippen molar-refractivity contribution in [2.75, 3.05) is 6.54 Å². The van der Waals surface area contributed by atoms with Crippen molar-refractivity contribution < 1.29 is 4.79 Å². The Morgan fingerprint density at radius 3 is 2.74 bits per heavy atom. The maximum absolute atomic E-state index is 12.2. The van der Waals surface area contributed by atoms with Crippen LogP contribution in [0.15, 0.2) is 23.1 Å². The van der Waals surface area contributed by atoms with Crippen molar-refractivity contribution in [2.45, 2.75) is 43.9 Å². The molecule has 1 aliphatic carbocycles. The molecule has 1 N–H and O–H groups in total. The van der Waals surface area contributed by atoms with E-state index in [0.717, 1.165) is 11.4 Å². The summed E-state index contributed by atoms with van der Waals surface area (Å²) in [6, 6.07) is 5.20. The third-order valence-corrected chi connectivity index (χ3v) is 4.54. The van der Waals surface area contributed by atoms with Gasteiger partial charge in [0, 0.05) is 11.4 Å². The summed E-state index contributed by atoms with van der Waals surface area (Å²) in [6.07, 6.45) is 6.22. The second-order valence-electron chi connectivity index (χ2n) is 5.72. The molecule has 0 bridgehead atoms. The van der Waals surface area contributed by atoms with E-state index >= 15 is 0 Å². The lowest BCUT2D eigenvalue weighted by molar-refractivity contribution is 0.0919. The highest BCUT2D eigenvalue weighted by Crippen LogP contribution is 2.35. The van der Waals surface area contributed by atoms with E-state index < -0.39 is 0 Å². The minimum Gasteiger partial charge on any atom is -0.351 e. The Labute approximate surface area is 125 Å². The Balaban J connectivity index is 1.99. The molecule has 1 aromatic carbocycles. The van der Waals surface area contributed by atoms with E-state index in [-0.39, 0.29) is 11.3 Å². The molecule has 0 saturated heterocycles. The first-order chi connectivity index (χ1) is 9.00. The monoisotopic (exact) mass is 297 g/mol. The van der Waals surface area contributed by atoms with Crippen molar-refractivity contribution >= 4 is 30.1 Å². The topological polar surface area (TPSA) is 29.1 Å². The maximum atomic E-state index is 12.2. The number of hydrogen-bond acceptors (Lipinski definition) is 2. The van der Waals surface area contributed by atoms with Crippen LogP contribution in [0.25, 0.3) is 0 Å². The fraction of sp³-hybridized carbons (Fsp3) is 0.533. The minimum absolute atomic E-state index is 0.104. The molecule has 0 aliphatic heterocycles. The van der Waals surface area contributed by atoms with Crippen molar-refractivity contribution in [1.82, 2.24) is 5.32 Å². The fourth-order valence-corrected chi connectivity index (χ4v) is 3.07. The standard InChI is InChI=1S/C15H20ClNOS/c1-15(7-3-2-4-8-15)10-17-14(18)12-9-11(19)5-6-13(12)16/h5-6,9,19H,2-4,7-8,10H2,1H3,(H,17,18). The number of thiol groups is 1. The molecular weight excluding hydrogens is 278 g/mol. The van der Waals surface area contributed by atoms with Gasteiger partial charge in [0.15, 0.2) is 0 Å². The lowest BCUT2D eigenvalue weighted by Gasteiger charge is -2.33. The zero-order valence-corrected chi connectivity index (χ0v) is 12.9. The van der Waals surface area contributed by atoms with E-state index in [4.69, 9.17) is 11.6 Å². The van der Waals surface area contributed by atoms with Crippen LogP contribution in [0.2, 0.25) is 5.02 Å². The fourth-order valence-electron chi connectivity index (χ4n) is 2.66. The average molecular weight is 298 g/mol. The van der Waals surface area contributed by atoms with Crippen LogP contribution in [0.4, 0.5) is 0 Å². The van der Waals surface area contributed by atoms with Gasteiger partial charge in [0.05, 0.1) is 10.6 Å². The van der Waals surface area contributed by atoms with Gasteiger partial charge in [-0.2, -0.15) is 0 Å². The lowest BCUT2D eigenvalue weighted by Crippen LogP contribution is -2.37. The second kappa shape index (κ2) is 6.19. The number of carbonyl (C=O) groups is 1. The number of halogens is 1. The molecule has 4 heteroatoms. The summed E-state index contributed by atoms with van der Waals surface area (Å²) in [4.78, 5) is 12.9. The van der Waals surface area contributed by atoms with Gasteiger partial charge in [0.25, 0.3) is 5.91 Å². The third-order valence-electron chi connectivity index (χ3n) is 3.93. The van der Waals surface area contributed by atoms with Gasteiger partial charge in [0.2, 0.25) is 0 Å². The molecule has 1 aromatic rings. The minimum atomic E-state index is -0.104. The van der Waals surface area contributed by atoms with Gasteiger partial charge in [-0.1, -0.05) is 37.8 Å². The largest absolute Gasteiger partial charge is 0.351 e. The van der Waals surface area contributed by atoms with Crippen LogP contribution in [0, 0.1) is 5.41 Å². The molecule has 104 valence electrons. The average Bonchev–Trinajstić information content (AvgIpc) is 2.40. The van der Waals surface area contributed by atoms with Gasteiger partial charge in [-0.3, -0.25) is 4.79 Å². The number of nitrogens with one attached hydrogen (secondary N) is 1. The van der Waals surface area contributed by atoms with Crippen molar-refractivity contribution in [3.8, 4) is 0 Å². The van der Waals surface area contributed by atoms with Crippen LogP contribution >= 0.6 is 24.2 Å². The number of hydrogen-bond donors (Lipinski definition) is 2. The van der Waals surface area contributed by atoms with Crippen molar-refractivity contribution in [2.24, 2.45) is 5.41 Å². The van der Waals surface area contributed by atoms with E-state index in [0.29, 0.717) is 10.6 Å². The van der Waals surface area contributed by atoms with Crippen LogP contribution in [0.1, 0.15) is 49.4 Å². The summed E-state index contributed by atoms with van der Waals surface area (Å²) in [5, 5.41) is 3.50. The molecule has 1 amide bonds. The quantitative estimate of drug-likeness (QED) is 0.799. The van der Waals surface area contributed by atoms with Gasteiger partial charge < -0.3 is 5.32 Å². The van der Waals surface area contributed by atoms with E-state index in [1.807, 2.05) is 0 Å². The van der Waals surface area contributed by atoms with Crippen molar-refractivity contribution in [3.05, 3.63) is 28.8 Å². The van der Waals surface area contributed by atoms with Crippen molar-refractivity contribution in [3.63, 3.8) is 0 Å². The van der Waals surface area contributed by atoms with Crippen LogP contribution in [-0.4, -0.2) is 12.5 Å². The Hall–Kier alpha value is -0.670. The molecule has 2 rings (SSSR count). The molecule has 1 fully saturated rings. The summed E-state index contributed by atoms with van der Waals surface area (Å²) in [7, 11) is 0. The third kappa shape index (κ3) is 3.90. The lowest BCUT2D eigenvalue weighted by atomic mass is 9.76. The maximum Gasteiger partial charge on any atom is 0.252 e. The normalized spacial score (nSPS) is 18.1. The zero-order valence-electron chi connectivity index (χ0n) is 11.2. The predicted molar refractivity (Wildman–Crippen MR) is 82.2 cm³/mol. The SMILES string of the molecule is CC1(CNC(=O)c2cc(S)ccc2Cl)CCCCC1. The number of amides is 1. The Bertz CT molecular complexity index is 469. The zero-order chi connectivity index (χ0) is 13.9. The highest BCUT2D eigenvalue weighted by atomic mass is 35.5. The molecular formula is C15H20ClNOS. The van der Waals surface area contributed by atoms with E-state index in [1.54, 1.807) is 18.2 Å². The van der Waals surface area contributed by atoms with E-state index in [9.17, 15) is 4.79 Å². The molecule has 19 heavy (non-hydrogen) atoms. The molecule has 1 saturated carbocycles. The summed E-state index contributed by atoms with van der Waals surface area (Å²) in [6.45, 7) is 2.97. The van der Waals surface area contributed by atoms with E-state index in [1.165, 1.54) is 32.1 Å². The predicted octanol–water partition coefficient (Wildman–Crippen LogP) is 4.33. The molecule has 0 unspecified atom stereocenters. The first-order valence-corrected chi connectivity index (χ1v) is 7.59. The second-order valence-corrected chi connectivity index (χ2v) is 6.64. The first kappa shape index (κ1) is 14.7. The number of benzene rings is 1. The molecule has 0 heterocycles. The highest BCUT2D eigenvalue weighted by molar-refractivity contribution is 7.80. The molecule has 0 spiro atoms. The summed E-state index contributed by atoms with van der Waals surface area (Å²) < 4.78 is 0. The van der Waals surface area contributed by atoms with Crippen LogP contribution in [0.3, 0.4) is 0 Å². The molecule has 0 aromatic heterocycles. The van der Waals surface area contributed by atoms with Gasteiger partial charge in [-0.15, -0.1) is 12.6 Å². The summed E-state index contributed by atoms with van der Waals surface area (Å²) >= 11 is 10.3. The molecule has 1 aliphatic rings. The Kier molecular flexibility index (Phi) is 4.80. The molecule has 0 radical (unpaired) electrons. The van der Waals surface area contributed by atoms with Gasteiger partial charge >= 0.3 is 0 Å². The summed E-state index contributed by atoms with van der Waals surface area (Å²) in [5.74, 6) is -0.104. The Morgan fingerprint density at radius 2 is 2.05 bits per heavy atom. The van der Waals surface area contributed by atoms with Crippen molar-refractivity contribution in [1.29, 1.82) is 0 Å². The van der Waals surface area contributed by atoms with Crippen LogP contribution in [0.5, 0.6) is 0 Å². The first-order valence-electron chi connectivity index (χ1n) is 6.77. The van der Waals surface area contributed by atoms with E-state index in [2.05, 4.69) is 24.9 Å². The van der Waals surface area contributed by atoms with Gasteiger partial charge in [0.1, 0.15) is 0 Å². The van der Waals surface area contributed by atoms with Gasteiger partial charge in [-0.25, -0.2) is 0 Å². The molecule has 0 atom stereocenters. The van der Waals surface area contributed by atoms with Gasteiger partial charge in [-0.05, 0) is 36.5 Å².